The molecule has 0 unspecified atom stereocenters. The van der Waals surface area contributed by atoms with Gasteiger partial charge in [0.15, 0.2) is 11.5 Å². The third-order valence-corrected chi connectivity index (χ3v) is 4.73. The van der Waals surface area contributed by atoms with Crippen molar-refractivity contribution in [1.82, 2.24) is 20.3 Å². The number of nitrogens with one attached hydrogen (secondary N) is 1. The number of aromatic nitrogens is 3. The van der Waals surface area contributed by atoms with Crippen molar-refractivity contribution in [3.63, 3.8) is 0 Å². The van der Waals surface area contributed by atoms with Crippen LogP contribution in [-0.4, -0.2) is 32.3 Å². The fraction of sp³-hybridized carbons (Fsp3) is 0.375. The van der Waals surface area contributed by atoms with Crippen LogP contribution in [0.15, 0.2) is 24.4 Å². The van der Waals surface area contributed by atoms with Crippen LogP contribution in [0.25, 0.3) is 5.69 Å². The van der Waals surface area contributed by atoms with Gasteiger partial charge in [0.1, 0.15) is 11.2 Å². The van der Waals surface area contributed by atoms with Gasteiger partial charge in [-0.25, -0.2) is 9.07 Å². The Labute approximate surface area is 148 Å². The predicted octanol–water partition coefficient (Wildman–Crippen LogP) is 1.98. The summed E-state index contributed by atoms with van der Waals surface area (Å²) < 4.78 is 15.2. The van der Waals surface area contributed by atoms with Crippen LogP contribution in [0.3, 0.4) is 0 Å². The minimum absolute atomic E-state index is 0.0365. The van der Waals surface area contributed by atoms with E-state index in [1.165, 1.54) is 18.3 Å². The van der Waals surface area contributed by atoms with Crippen molar-refractivity contribution in [3.8, 4) is 5.69 Å². The first kappa shape index (κ1) is 17.3. The standard InChI is InChI=1S/C16H17ClFN5O2/c17-10-5-4-6-12(13(10)18)23-9-11(21-22-23)14(24)20-16(15(19)25)7-2-1-3-8-16/h4-6,9H,1-3,7-8H2,(H2,19,25)(H,20,24). The molecule has 2 amide bonds. The summed E-state index contributed by atoms with van der Waals surface area (Å²) in [6, 6.07) is 4.43. The van der Waals surface area contributed by atoms with E-state index in [1.54, 1.807) is 6.07 Å². The molecular weight excluding hydrogens is 349 g/mol. The molecule has 132 valence electrons. The van der Waals surface area contributed by atoms with Gasteiger partial charge < -0.3 is 11.1 Å². The van der Waals surface area contributed by atoms with Gasteiger partial charge in [0.05, 0.1) is 11.2 Å². The molecule has 9 heteroatoms. The average Bonchev–Trinajstić information content (AvgIpc) is 3.08. The Kier molecular flexibility index (Phi) is 4.71. The lowest BCUT2D eigenvalue weighted by atomic mass is 9.81. The molecule has 0 spiro atoms. The average molecular weight is 366 g/mol. The van der Waals surface area contributed by atoms with E-state index in [0.29, 0.717) is 12.8 Å². The molecule has 1 aromatic heterocycles. The van der Waals surface area contributed by atoms with E-state index in [2.05, 4.69) is 15.6 Å². The minimum atomic E-state index is -1.07. The third kappa shape index (κ3) is 3.34. The second-order valence-corrected chi connectivity index (χ2v) is 6.49. The smallest absolute Gasteiger partial charge is 0.274 e. The highest BCUT2D eigenvalue weighted by Crippen LogP contribution is 2.28. The van der Waals surface area contributed by atoms with Gasteiger partial charge >= 0.3 is 0 Å². The fourth-order valence-electron chi connectivity index (χ4n) is 3.02. The number of primary amides is 1. The summed E-state index contributed by atoms with van der Waals surface area (Å²) in [4.78, 5) is 24.3. The maximum absolute atomic E-state index is 14.1. The Bertz CT molecular complexity index is 817. The molecule has 0 bridgehead atoms. The number of hydrogen-bond donors (Lipinski definition) is 2. The molecule has 3 N–H and O–H groups in total. The van der Waals surface area contributed by atoms with Crippen LogP contribution in [0.5, 0.6) is 0 Å². The lowest BCUT2D eigenvalue weighted by Gasteiger charge is -2.34. The van der Waals surface area contributed by atoms with Crippen LogP contribution in [-0.2, 0) is 4.79 Å². The molecule has 1 aromatic carbocycles. The minimum Gasteiger partial charge on any atom is -0.368 e. The number of rotatable bonds is 4. The van der Waals surface area contributed by atoms with E-state index < -0.39 is 23.2 Å². The van der Waals surface area contributed by atoms with Gasteiger partial charge in [-0.05, 0) is 25.0 Å². The Morgan fingerprint density at radius 2 is 2.00 bits per heavy atom. The maximum Gasteiger partial charge on any atom is 0.274 e. The number of benzene rings is 1. The van der Waals surface area contributed by atoms with E-state index in [0.717, 1.165) is 23.9 Å². The first-order valence-corrected chi connectivity index (χ1v) is 8.30. The first-order chi connectivity index (χ1) is 11.9. The third-order valence-electron chi connectivity index (χ3n) is 4.44. The van der Waals surface area contributed by atoms with Crippen LogP contribution in [0, 0.1) is 5.82 Å². The highest BCUT2D eigenvalue weighted by atomic mass is 35.5. The number of carbonyl (C=O) groups is 2. The molecule has 3 rings (SSSR count). The van der Waals surface area contributed by atoms with Crippen LogP contribution >= 0.6 is 11.6 Å². The SMILES string of the molecule is NC(=O)C1(NC(=O)c2cn(-c3cccc(Cl)c3F)nn2)CCCCC1. The lowest BCUT2D eigenvalue weighted by Crippen LogP contribution is -2.58. The highest BCUT2D eigenvalue weighted by Gasteiger charge is 2.39. The molecule has 1 heterocycles. The van der Waals surface area contributed by atoms with E-state index in [4.69, 9.17) is 17.3 Å². The Hall–Kier alpha value is -2.48. The number of halogens is 2. The molecule has 0 saturated heterocycles. The van der Waals surface area contributed by atoms with E-state index >= 15 is 0 Å². The molecule has 0 aliphatic heterocycles. The van der Waals surface area contributed by atoms with Gasteiger partial charge in [0.25, 0.3) is 5.91 Å². The number of nitrogens with two attached hydrogens (primary N) is 1. The largest absolute Gasteiger partial charge is 0.368 e. The summed E-state index contributed by atoms with van der Waals surface area (Å²) >= 11 is 5.75. The summed E-state index contributed by atoms with van der Waals surface area (Å²) in [5.41, 5.74) is 4.47. The summed E-state index contributed by atoms with van der Waals surface area (Å²) in [7, 11) is 0. The summed E-state index contributed by atoms with van der Waals surface area (Å²) in [5.74, 6) is -1.80. The van der Waals surface area contributed by atoms with Crippen molar-refractivity contribution < 1.29 is 14.0 Å². The van der Waals surface area contributed by atoms with Crippen molar-refractivity contribution in [2.75, 3.05) is 0 Å². The van der Waals surface area contributed by atoms with Gasteiger partial charge in [-0.15, -0.1) is 5.10 Å². The van der Waals surface area contributed by atoms with E-state index in [9.17, 15) is 14.0 Å². The highest BCUT2D eigenvalue weighted by molar-refractivity contribution is 6.30. The van der Waals surface area contributed by atoms with E-state index in [1.807, 2.05) is 0 Å². The van der Waals surface area contributed by atoms with Crippen LogP contribution in [0.4, 0.5) is 4.39 Å². The summed E-state index contributed by atoms with van der Waals surface area (Å²) in [5, 5.41) is 10.1. The lowest BCUT2D eigenvalue weighted by molar-refractivity contribution is -0.125. The molecule has 2 aromatic rings. The molecule has 0 atom stereocenters. The molecule has 0 radical (unpaired) electrons. The number of hydrogen-bond acceptors (Lipinski definition) is 4. The molecule has 1 aliphatic rings. The van der Waals surface area contributed by atoms with Gasteiger partial charge in [0, 0.05) is 0 Å². The van der Waals surface area contributed by atoms with E-state index in [-0.39, 0.29) is 16.4 Å². The van der Waals surface area contributed by atoms with Crippen molar-refractivity contribution in [2.45, 2.75) is 37.6 Å². The second kappa shape index (κ2) is 6.79. The monoisotopic (exact) mass is 365 g/mol. The topological polar surface area (TPSA) is 103 Å². The quantitative estimate of drug-likeness (QED) is 0.864. The number of amides is 2. The van der Waals surface area contributed by atoms with Crippen molar-refractivity contribution in [3.05, 3.63) is 40.9 Å². The fourth-order valence-corrected chi connectivity index (χ4v) is 3.19. The van der Waals surface area contributed by atoms with Crippen molar-refractivity contribution in [2.24, 2.45) is 5.73 Å². The molecule has 25 heavy (non-hydrogen) atoms. The normalized spacial score (nSPS) is 16.4. The van der Waals surface area contributed by atoms with Crippen molar-refractivity contribution >= 4 is 23.4 Å². The Morgan fingerprint density at radius 3 is 2.68 bits per heavy atom. The molecule has 7 nitrogen and oxygen atoms in total. The zero-order chi connectivity index (χ0) is 18.0. The van der Waals surface area contributed by atoms with Crippen LogP contribution in [0.1, 0.15) is 42.6 Å². The molecule has 1 fully saturated rings. The van der Waals surface area contributed by atoms with Gasteiger partial charge in [0.2, 0.25) is 5.91 Å². The predicted molar refractivity (Wildman–Crippen MR) is 88.8 cm³/mol. The second-order valence-electron chi connectivity index (χ2n) is 6.08. The van der Waals surface area contributed by atoms with Gasteiger partial charge in [-0.3, -0.25) is 9.59 Å². The maximum atomic E-state index is 14.1. The Morgan fingerprint density at radius 1 is 1.28 bits per heavy atom. The molecule has 1 saturated carbocycles. The zero-order valence-corrected chi connectivity index (χ0v) is 14.1. The number of carbonyl (C=O) groups excluding carboxylic acids is 2. The summed E-state index contributed by atoms with van der Waals surface area (Å²) in [6.07, 6.45) is 4.88. The van der Waals surface area contributed by atoms with Gasteiger partial charge in [-0.1, -0.05) is 42.1 Å². The molecular formula is C16H17ClFN5O2. The van der Waals surface area contributed by atoms with Crippen LogP contribution < -0.4 is 11.1 Å². The van der Waals surface area contributed by atoms with Crippen LogP contribution in [0.2, 0.25) is 5.02 Å². The first-order valence-electron chi connectivity index (χ1n) is 7.92. The molecule has 1 aliphatic carbocycles. The summed E-state index contributed by atoms with van der Waals surface area (Å²) in [6.45, 7) is 0. The zero-order valence-electron chi connectivity index (χ0n) is 13.3. The Balaban J connectivity index is 1.83. The van der Waals surface area contributed by atoms with Crippen molar-refractivity contribution in [1.29, 1.82) is 0 Å². The van der Waals surface area contributed by atoms with Gasteiger partial charge in [-0.2, -0.15) is 0 Å². The number of nitrogens with zero attached hydrogens (tertiary/aromatic N) is 3.